The molecule has 2 aromatic rings. The van der Waals surface area contributed by atoms with E-state index < -0.39 is 29.4 Å². The van der Waals surface area contributed by atoms with Crippen molar-refractivity contribution in [2.75, 3.05) is 6.54 Å². The zero-order valence-corrected chi connectivity index (χ0v) is 13.1. The van der Waals surface area contributed by atoms with Gasteiger partial charge in [0.25, 0.3) is 5.91 Å². The number of amides is 3. The van der Waals surface area contributed by atoms with Gasteiger partial charge in [-0.05, 0) is 18.6 Å². The average Bonchev–Trinajstić information content (AvgIpc) is 2.80. The molecule has 1 aliphatic heterocycles. The number of carbonyl (C=O) groups is 2. The number of carbonyl (C=O) groups excluding carboxylic acids is 2. The van der Waals surface area contributed by atoms with Crippen molar-refractivity contribution in [3.63, 3.8) is 0 Å². The Hall–Kier alpha value is -2.73. The Balaban J connectivity index is 1.84. The van der Waals surface area contributed by atoms with Crippen LogP contribution in [0, 0.1) is 5.82 Å². The first-order valence-corrected chi connectivity index (χ1v) is 7.55. The van der Waals surface area contributed by atoms with Gasteiger partial charge < -0.3 is 10.4 Å². The third-order valence-electron chi connectivity index (χ3n) is 4.25. The minimum atomic E-state index is -1.29. The number of halogens is 1. The van der Waals surface area contributed by atoms with Crippen LogP contribution in [0.1, 0.15) is 24.2 Å². The molecular formula is C18H17FN2O3. The van der Waals surface area contributed by atoms with Crippen LogP contribution >= 0.6 is 0 Å². The zero-order valence-electron chi connectivity index (χ0n) is 13.1. The summed E-state index contributed by atoms with van der Waals surface area (Å²) in [5.74, 6) is -1.06. The molecule has 3 rings (SSSR count). The number of hydrogen-bond acceptors (Lipinski definition) is 3. The number of nitrogens with one attached hydrogen (secondary N) is 1. The van der Waals surface area contributed by atoms with Crippen molar-refractivity contribution in [1.29, 1.82) is 0 Å². The Morgan fingerprint density at radius 2 is 1.75 bits per heavy atom. The van der Waals surface area contributed by atoms with Crippen molar-refractivity contribution in [1.82, 2.24) is 10.2 Å². The van der Waals surface area contributed by atoms with Crippen LogP contribution in [0.2, 0.25) is 0 Å². The van der Waals surface area contributed by atoms with Crippen molar-refractivity contribution in [2.45, 2.75) is 18.6 Å². The van der Waals surface area contributed by atoms with E-state index in [2.05, 4.69) is 5.32 Å². The highest BCUT2D eigenvalue weighted by atomic mass is 19.1. The van der Waals surface area contributed by atoms with Crippen LogP contribution in [0.5, 0.6) is 0 Å². The highest BCUT2D eigenvalue weighted by Crippen LogP contribution is 2.30. The average molecular weight is 328 g/mol. The molecule has 1 aliphatic rings. The summed E-state index contributed by atoms with van der Waals surface area (Å²) in [4.78, 5) is 25.9. The van der Waals surface area contributed by atoms with Gasteiger partial charge in [-0.15, -0.1) is 0 Å². The van der Waals surface area contributed by atoms with Crippen LogP contribution in [-0.4, -0.2) is 28.5 Å². The Morgan fingerprint density at radius 1 is 1.12 bits per heavy atom. The predicted molar refractivity (Wildman–Crippen MR) is 85.4 cm³/mol. The topological polar surface area (TPSA) is 69.6 Å². The van der Waals surface area contributed by atoms with Gasteiger partial charge >= 0.3 is 6.03 Å². The molecule has 0 radical (unpaired) electrons. The smallest absolute Gasteiger partial charge is 0.325 e. The summed E-state index contributed by atoms with van der Waals surface area (Å²) in [6.45, 7) is 1.30. The molecule has 2 N–H and O–H groups in total. The minimum Gasteiger partial charge on any atom is -0.386 e. The summed E-state index contributed by atoms with van der Waals surface area (Å²) >= 11 is 0. The lowest BCUT2D eigenvalue weighted by Crippen LogP contribution is -2.41. The molecule has 0 bridgehead atoms. The molecule has 0 aromatic heterocycles. The normalized spacial score (nSPS) is 21.7. The molecule has 0 unspecified atom stereocenters. The van der Waals surface area contributed by atoms with Gasteiger partial charge in [0.05, 0.1) is 12.6 Å². The Labute approximate surface area is 138 Å². The van der Waals surface area contributed by atoms with Crippen molar-refractivity contribution < 1.29 is 19.1 Å². The molecule has 124 valence electrons. The second-order valence-corrected chi connectivity index (χ2v) is 5.87. The predicted octanol–water partition coefficient (Wildman–Crippen LogP) is 2.33. The molecule has 5 nitrogen and oxygen atoms in total. The summed E-state index contributed by atoms with van der Waals surface area (Å²) in [7, 11) is 0. The lowest BCUT2D eigenvalue weighted by atomic mass is 9.92. The van der Waals surface area contributed by atoms with Gasteiger partial charge in [0.15, 0.2) is 0 Å². The molecule has 1 saturated heterocycles. The monoisotopic (exact) mass is 328 g/mol. The molecule has 0 aliphatic carbocycles. The van der Waals surface area contributed by atoms with Crippen LogP contribution in [0.15, 0.2) is 54.6 Å². The number of nitrogens with zero attached hydrogens (tertiary/aromatic N) is 1. The Morgan fingerprint density at radius 3 is 2.42 bits per heavy atom. The van der Waals surface area contributed by atoms with E-state index in [1.807, 2.05) is 6.07 Å². The van der Waals surface area contributed by atoms with Crippen molar-refractivity contribution in [3.8, 4) is 0 Å². The van der Waals surface area contributed by atoms with E-state index in [0.717, 1.165) is 4.90 Å². The molecule has 1 heterocycles. The summed E-state index contributed by atoms with van der Waals surface area (Å²) in [5, 5.41) is 12.9. The summed E-state index contributed by atoms with van der Waals surface area (Å²) < 4.78 is 13.8. The molecule has 1 fully saturated rings. The zero-order chi connectivity index (χ0) is 17.3. The summed E-state index contributed by atoms with van der Waals surface area (Å²) in [5.41, 5.74) is -0.509. The van der Waals surface area contributed by atoms with E-state index >= 15 is 0 Å². The standard InChI is InChI=1S/C18H17FN2O3/c1-18(12-7-3-2-4-8-12)16(23)21(17(24)20-18)11-15(22)13-9-5-6-10-14(13)19/h2-10,15,22H,11H2,1H3,(H,20,24)/t15-,18+/m1/s1. The SMILES string of the molecule is C[C@@]1(c2ccccc2)NC(=O)N(C[C@@H](O)c2ccccc2F)C1=O. The van der Waals surface area contributed by atoms with Crippen LogP contribution in [0.4, 0.5) is 9.18 Å². The van der Waals surface area contributed by atoms with Gasteiger partial charge in [0.1, 0.15) is 11.4 Å². The lowest BCUT2D eigenvalue weighted by molar-refractivity contribution is -0.132. The number of β-amino-alcohol motifs (C(OH)–C–C–N with tert-alkyl or cyclic N) is 1. The van der Waals surface area contributed by atoms with Gasteiger partial charge in [-0.2, -0.15) is 0 Å². The summed E-state index contributed by atoms with van der Waals surface area (Å²) in [6, 6.07) is 14.0. The van der Waals surface area contributed by atoms with Crippen molar-refractivity contribution in [2.24, 2.45) is 0 Å². The first-order valence-electron chi connectivity index (χ1n) is 7.55. The number of rotatable bonds is 4. The van der Waals surface area contributed by atoms with Crippen molar-refractivity contribution in [3.05, 3.63) is 71.5 Å². The molecule has 3 amide bonds. The van der Waals surface area contributed by atoms with Crippen molar-refractivity contribution >= 4 is 11.9 Å². The van der Waals surface area contributed by atoms with Gasteiger partial charge in [-0.1, -0.05) is 48.5 Å². The van der Waals surface area contributed by atoms with Crippen LogP contribution in [-0.2, 0) is 10.3 Å². The van der Waals surface area contributed by atoms with Crippen LogP contribution in [0.3, 0.4) is 0 Å². The fraction of sp³-hybridized carbons (Fsp3) is 0.222. The van der Waals surface area contributed by atoms with E-state index in [0.29, 0.717) is 5.56 Å². The number of aliphatic hydroxyl groups is 1. The van der Waals surface area contributed by atoms with Gasteiger partial charge in [0, 0.05) is 5.56 Å². The second-order valence-electron chi connectivity index (χ2n) is 5.87. The Kier molecular flexibility index (Phi) is 4.07. The highest BCUT2D eigenvalue weighted by Gasteiger charge is 2.49. The molecule has 0 spiro atoms. The number of aliphatic hydroxyl groups excluding tert-OH is 1. The van der Waals surface area contributed by atoms with E-state index in [-0.39, 0.29) is 12.1 Å². The van der Waals surface area contributed by atoms with E-state index in [4.69, 9.17) is 0 Å². The molecule has 2 atom stereocenters. The number of benzene rings is 2. The Bertz CT molecular complexity index is 781. The largest absolute Gasteiger partial charge is 0.386 e. The van der Waals surface area contributed by atoms with E-state index in [1.165, 1.54) is 18.2 Å². The first kappa shape index (κ1) is 16.1. The summed E-state index contributed by atoms with van der Waals surface area (Å²) in [6.07, 6.45) is -1.29. The first-order chi connectivity index (χ1) is 11.4. The lowest BCUT2D eigenvalue weighted by Gasteiger charge is -2.23. The molecule has 6 heteroatoms. The minimum absolute atomic E-state index is 0.0476. The van der Waals surface area contributed by atoms with Gasteiger partial charge in [-0.3, -0.25) is 9.69 Å². The second kappa shape index (κ2) is 6.05. The highest BCUT2D eigenvalue weighted by molar-refractivity contribution is 6.07. The van der Waals surface area contributed by atoms with E-state index in [1.54, 1.807) is 37.3 Å². The fourth-order valence-electron chi connectivity index (χ4n) is 2.85. The number of urea groups is 1. The maximum absolute atomic E-state index is 13.8. The molecule has 2 aromatic carbocycles. The number of hydrogen-bond donors (Lipinski definition) is 2. The van der Waals surface area contributed by atoms with Crippen LogP contribution < -0.4 is 5.32 Å². The maximum Gasteiger partial charge on any atom is 0.325 e. The van der Waals surface area contributed by atoms with Crippen LogP contribution in [0.25, 0.3) is 0 Å². The van der Waals surface area contributed by atoms with Gasteiger partial charge in [0.2, 0.25) is 0 Å². The molecular weight excluding hydrogens is 311 g/mol. The molecule has 24 heavy (non-hydrogen) atoms. The number of imide groups is 1. The van der Waals surface area contributed by atoms with Gasteiger partial charge in [-0.25, -0.2) is 9.18 Å². The quantitative estimate of drug-likeness (QED) is 0.846. The molecule has 0 saturated carbocycles. The fourth-order valence-corrected chi connectivity index (χ4v) is 2.85. The third-order valence-corrected chi connectivity index (χ3v) is 4.25. The third kappa shape index (κ3) is 2.65. The maximum atomic E-state index is 13.8. The van der Waals surface area contributed by atoms with E-state index in [9.17, 15) is 19.1 Å².